The van der Waals surface area contributed by atoms with Crippen molar-refractivity contribution in [3.8, 4) is 0 Å². The molecule has 1 fully saturated rings. The molecule has 3 aromatic rings. The molecule has 31 heavy (non-hydrogen) atoms. The Balaban J connectivity index is 1.35. The molecule has 0 N–H and O–H groups in total. The number of nitro groups is 1. The number of hydrogen-bond acceptors (Lipinski definition) is 7. The number of non-ortho nitro benzene ring substituents is 1. The predicted octanol–water partition coefficient (Wildman–Crippen LogP) is 2.72. The Bertz CT molecular complexity index is 1190. The molecule has 0 aliphatic carbocycles. The monoisotopic (exact) mass is 441 g/mol. The Morgan fingerprint density at radius 3 is 2.48 bits per heavy atom. The second-order valence-electron chi connectivity index (χ2n) is 7.60. The van der Waals surface area contributed by atoms with Crippen LogP contribution in [-0.2, 0) is 11.3 Å². The molecule has 0 spiro atoms. The summed E-state index contributed by atoms with van der Waals surface area (Å²) < 4.78 is 1.52. The number of aromatic nitrogens is 2. The van der Waals surface area contributed by atoms with E-state index in [0.29, 0.717) is 38.1 Å². The molecule has 162 valence electrons. The molecular weight excluding hydrogens is 418 g/mol. The summed E-state index contributed by atoms with van der Waals surface area (Å²) >= 11 is 1.51. The summed E-state index contributed by atoms with van der Waals surface area (Å²) in [5.74, 6) is 0.00793. The van der Waals surface area contributed by atoms with E-state index in [4.69, 9.17) is 0 Å². The van der Waals surface area contributed by atoms with Crippen molar-refractivity contribution >= 4 is 38.8 Å². The van der Waals surface area contributed by atoms with Crippen LogP contribution in [0.4, 0.5) is 11.4 Å². The van der Waals surface area contributed by atoms with Crippen molar-refractivity contribution in [2.75, 3.05) is 31.1 Å². The van der Waals surface area contributed by atoms with Crippen LogP contribution in [0.2, 0.25) is 0 Å². The van der Waals surface area contributed by atoms with Crippen LogP contribution >= 0.6 is 11.3 Å². The van der Waals surface area contributed by atoms with Crippen molar-refractivity contribution < 1.29 is 9.72 Å². The van der Waals surface area contributed by atoms with Crippen LogP contribution < -0.4 is 10.5 Å². The van der Waals surface area contributed by atoms with E-state index in [-0.39, 0.29) is 23.6 Å². The van der Waals surface area contributed by atoms with Crippen molar-refractivity contribution in [1.82, 2.24) is 14.5 Å². The molecule has 1 amide bonds. The molecule has 1 aliphatic rings. The van der Waals surface area contributed by atoms with Crippen molar-refractivity contribution in [3.63, 3.8) is 0 Å². The van der Waals surface area contributed by atoms with Gasteiger partial charge in [0.15, 0.2) is 0 Å². The first-order valence-electron chi connectivity index (χ1n) is 10.1. The number of nitro benzene ring substituents is 1. The number of amides is 1. The predicted molar refractivity (Wildman–Crippen MR) is 120 cm³/mol. The zero-order chi connectivity index (χ0) is 22.1. The number of hydrogen-bond donors (Lipinski definition) is 0. The highest BCUT2D eigenvalue weighted by Crippen LogP contribution is 2.25. The fourth-order valence-corrected chi connectivity index (χ4v) is 4.79. The first-order valence-corrected chi connectivity index (χ1v) is 10.9. The van der Waals surface area contributed by atoms with Crippen LogP contribution in [-0.4, -0.2) is 51.5 Å². The lowest BCUT2D eigenvalue weighted by Gasteiger charge is -2.36. The molecule has 3 heterocycles. The van der Waals surface area contributed by atoms with Gasteiger partial charge in [0.05, 0.1) is 16.6 Å². The molecule has 2 aromatic heterocycles. The summed E-state index contributed by atoms with van der Waals surface area (Å²) in [7, 11) is 0. The minimum absolute atomic E-state index is 0.00793. The summed E-state index contributed by atoms with van der Waals surface area (Å²) in [5.41, 5.74) is 1.83. The van der Waals surface area contributed by atoms with Gasteiger partial charge in [0.1, 0.15) is 4.83 Å². The Morgan fingerprint density at radius 1 is 1.16 bits per heavy atom. The van der Waals surface area contributed by atoms with Crippen LogP contribution in [0.25, 0.3) is 10.2 Å². The van der Waals surface area contributed by atoms with Gasteiger partial charge in [-0.25, -0.2) is 4.98 Å². The van der Waals surface area contributed by atoms with E-state index in [1.165, 1.54) is 34.4 Å². The first kappa shape index (κ1) is 21.0. The number of nitrogens with zero attached hydrogens (tertiary/aromatic N) is 5. The van der Waals surface area contributed by atoms with Gasteiger partial charge in [-0.3, -0.25) is 24.3 Å². The molecule has 4 rings (SSSR count). The molecular formula is C21H23N5O4S. The van der Waals surface area contributed by atoms with Gasteiger partial charge in [0, 0.05) is 61.8 Å². The Morgan fingerprint density at radius 2 is 1.84 bits per heavy atom. The Kier molecular flexibility index (Phi) is 5.73. The number of piperazine rings is 1. The highest BCUT2D eigenvalue weighted by atomic mass is 32.1. The lowest BCUT2D eigenvalue weighted by molar-refractivity contribution is -0.384. The maximum atomic E-state index is 12.8. The molecule has 1 saturated heterocycles. The average molecular weight is 442 g/mol. The van der Waals surface area contributed by atoms with E-state index in [1.54, 1.807) is 17.0 Å². The summed E-state index contributed by atoms with van der Waals surface area (Å²) in [6.07, 6.45) is 1.77. The SMILES string of the molecule is Cc1sc2ncn(CCC(=O)N3CCN(c4ccc([N+](=O)[O-])cc4)CC3)c(=O)c2c1C. The second kappa shape index (κ2) is 8.46. The fraction of sp³-hybridized carbons (Fsp3) is 0.381. The number of fused-ring (bicyclic) bond motifs is 1. The molecule has 0 bridgehead atoms. The van der Waals surface area contributed by atoms with Gasteiger partial charge in [-0.05, 0) is 31.5 Å². The normalized spacial score (nSPS) is 14.3. The molecule has 9 nitrogen and oxygen atoms in total. The number of aryl methyl sites for hydroxylation is 3. The molecule has 0 saturated carbocycles. The minimum atomic E-state index is -0.417. The average Bonchev–Trinajstić information content (AvgIpc) is 3.07. The van der Waals surface area contributed by atoms with Gasteiger partial charge >= 0.3 is 0 Å². The number of benzene rings is 1. The van der Waals surface area contributed by atoms with E-state index in [9.17, 15) is 19.7 Å². The van der Waals surface area contributed by atoms with Gasteiger partial charge in [-0.15, -0.1) is 11.3 Å². The van der Waals surface area contributed by atoms with Crippen molar-refractivity contribution in [3.05, 3.63) is 61.5 Å². The summed E-state index contributed by atoms with van der Waals surface area (Å²) in [6, 6.07) is 6.46. The number of carbonyl (C=O) groups excluding carboxylic acids is 1. The number of anilines is 1. The van der Waals surface area contributed by atoms with Crippen LogP contribution in [0.5, 0.6) is 0 Å². The van der Waals surface area contributed by atoms with E-state index in [1.807, 2.05) is 13.8 Å². The highest BCUT2D eigenvalue weighted by Gasteiger charge is 2.22. The smallest absolute Gasteiger partial charge is 0.269 e. The number of rotatable bonds is 5. The lowest BCUT2D eigenvalue weighted by atomic mass is 10.2. The molecule has 10 heteroatoms. The lowest BCUT2D eigenvalue weighted by Crippen LogP contribution is -2.49. The summed E-state index contributed by atoms with van der Waals surface area (Å²) in [5, 5.41) is 11.4. The van der Waals surface area contributed by atoms with Crippen molar-refractivity contribution in [2.45, 2.75) is 26.8 Å². The maximum Gasteiger partial charge on any atom is 0.269 e. The zero-order valence-corrected chi connectivity index (χ0v) is 18.2. The van der Waals surface area contributed by atoms with Gasteiger partial charge in [-0.1, -0.05) is 0 Å². The van der Waals surface area contributed by atoms with E-state index in [2.05, 4.69) is 9.88 Å². The van der Waals surface area contributed by atoms with Gasteiger partial charge in [0.25, 0.3) is 11.2 Å². The number of carbonyl (C=O) groups is 1. The van der Waals surface area contributed by atoms with E-state index >= 15 is 0 Å². The van der Waals surface area contributed by atoms with Crippen LogP contribution in [0.1, 0.15) is 16.9 Å². The third-order valence-corrected chi connectivity index (χ3v) is 6.90. The second-order valence-corrected chi connectivity index (χ2v) is 8.80. The standard InChI is InChI=1S/C21H23N5O4S/c1-14-15(2)31-20-19(14)21(28)25(13-22-20)8-7-18(27)24-11-9-23(10-12-24)16-3-5-17(6-4-16)26(29)30/h3-6,13H,7-12H2,1-2H3. The van der Waals surface area contributed by atoms with Crippen molar-refractivity contribution in [2.24, 2.45) is 0 Å². The molecule has 0 radical (unpaired) electrons. The van der Waals surface area contributed by atoms with Gasteiger partial charge in [-0.2, -0.15) is 0 Å². The molecule has 1 aromatic carbocycles. The molecule has 0 atom stereocenters. The molecule has 1 aliphatic heterocycles. The van der Waals surface area contributed by atoms with Gasteiger partial charge < -0.3 is 9.80 Å². The van der Waals surface area contributed by atoms with Gasteiger partial charge in [0.2, 0.25) is 5.91 Å². The number of thiophene rings is 1. The maximum absolute atomic E-state index is 12.8. The summed E-state index contributed by atoms with van der Waals surface area (Å²) in [6.45, 7) is 6.67. The summed E-state index contributed by atoms with van der Waals surface area (Å²) in [4.78, 5) is 46.0. The topological polar surface area (TPSA) is 102 Å². The minimum Gasteiger partial charge on any atom is -0.368 e. The fourth-order valence-electron chi connectivity index (χ4n) is 3.80. The Hall–Kier alpha value is -3.27. The zero-order valence-electron chi connectivity index (χ0n) is 17.4. The van der Waals surface area contributed by atoms with E-state index < -0.39 is 4.92 Å². The molecule has 0 unspecified atom stereocenters. The third-order valence-electron chi connectivity index (χ3n) is 5.78. The largest absolute Gasteiger partial charge is 0.368 e. The quantitative estimate of drug-likeness (QED) is 0.446. The van der Waals surface area contributed by atoms with Crippen molar-refractivity contribution in [1.29, 1.82) is 0 Å². The van der Waals surface area contributed by atoms with Crippen LogP contribution in [0.15, 0.2) is 35.4 Å². The first-order chi connectivity index (χ1) is 14.8. The third kappa shape index (κ3) is 4.15. The Labute approximate surface area is 182 Å². The van der Waals surface area contributed by atoms with Crippen LogP contribution in [0.3, 0.4) is 0 Å². The highest BCUT2D eigenvalue weighted by molar-refractivity contribution is 7.18. The van der Waals surface area contributed by atoms with Crippen LogP contribution in [0, 0.1) is 24.0 Å². The van der Waals surface area contributed by atoms with E-state index in [0.717, 1.165) is 21.0 Å².